The van der Waals surface area contributed by atoms with E-state index >= 15 is 0 Å². The average Bonchev–Trinajstić information content (AvgIpc) is 2.38. The third-order valence-corrected chi connectivity index (χ3v) is 3.51. The molecule has 0 heterocycles. The topological polar surface area (TPSA) is 0 Å². The van der Waals surface area contributed by atoms with E-state index in [1.807, 2.05) is 18.2 Å². The number of rotatable bonds is 2. The molecule has 0 aliphatic rings. The SMILES string of the molecule is FC(F)(F)c1ccc(C(Cl)c2ccccc2)c(Cl)c1. The van der Waals surface area contributed by atoms with Crippen LogP contribution in [0.4, 0.5) is 13.2 Å². The molecule has 0 fully saturated rings. The normalized spacial score (nSPS) is 13.3. The van der Waals surface area contributed by atoms with Gasteiger partial charge in [0, 0.05) is 5.02 Å². The molecule has 0 aliphatic carbocycles. The fourth-order valence-electron chi connectivity index (χ4n) is 1.71. The van der Waals surface area contributed by atoms with Crippen molar-refractivity contribution in [3.05, 3.63) is 70.2 Å². The molecule has 2 aromatic carbocycles. The molecule has 0 N–H and O–H groups in total. The molecule has 0 saturated carbocycles. The Morgan fingerprint density at radius 1 is 0.947 bits per heavy atom. The van der Waals surface area contributed by atoms with Gasteiger partial charge in [0.15, 0.2) is 0 Å². The minimum absolute atomic E-state index is 0.0127. The standard InChI is InChI=1S/C14H9Cl2F3/c15-12-8-10(14(17,18)19)6-7-11(12)13(16)9-4-2-1-3-5-9/h1-8,13H. The summed E-state index contributed by atoms with van der Waals surface area (Å²) in [6, 6.07) is 12.2. The molecule has 0 radical (unpaired) electrons. The molecule has 5 heteroatoms. The molecule has 1 atom stereocenters. The highest BCUT2D eigenvalue weighted by Crippen LogP contribution is 2.37. The summed E-state index contributed by atoms with van der Waals surface area (Å²) in [7, 11) is 0. The summed E-state index contributed by atoms with van der Waals surface area (Å²) in [5.41, 5.74) is 0.464. The molecule has 0 aliphatic heterocycles. The second-order valence-electron chi connectivity index (χ2n) is 4.01. The van der Waals surface area contributed by atoms with Gasteiger partial charge in [0.25, 0.3) is 0 Å². The van der Waals surface area contributed by atoms with Crippen molar-refractivity contribution in [1.82, 2.24) is 0 Å². The van der Waals surface area contributed by atoms with Crippen LogP contribution >= 0.6 is 23.2 Å². The van der Waals surface area contributed by atoms with Gasteiger partial charge in [0.05, 0.1) is 10.9 Å². The average molecular weight is 305 g/mol. The van der Waals surface area contributed by atoms with Gasteiger partial charge in [-0.05, 0) is 23.3 Å². The van der Waals surface area contributed by atoms with E-state index in [4.69, 9.17) is 23.2 Å². The summed E-state index contributed by atoms with van der Waals surface area (Å²) in [6.07, 6.45) is -4.41. The molecule has 0 saturated heterocycles. The Bertz CT molecular complexity index is 565. The van der Waals surface area contributed by atoms with Gasteiger partial charge in [0.1, 0.15) is 0 Å². The van der Waals surface area contributed by atoms with Crippen molar-refractivity contribution in [2.45, 2.75) is 11.6 Å². The summed E-state index contributed by atoms with van der Waals surface area (Å²) in [5.74, 6) is 0. The Morgan fingerprint density at radius 2 is 1.58 bits per heavy atom. The second kappa shape index (κ2) is 5.43. The quantitative estimate of drug-likeness (QED) is 0.625. The number of halogens is 5. The molecule has 0 amide bonds. The third-order valence-electron chi connectivity index (χ3n) is 2.69. The summed E-state index contributed by atoms with van der Waals surface area (Å²) >= 11 is 12.1. The van der Waals surface area contributed by atoms with E-state index in [2.05, 4.69) is 0 Å². The molecule has 19 heavy (non-hydrogen) atoms. The lowest BCUT2D eigenvalue weighted by Gasteiger charge is -2.14. The Morgan fingerprint density at radius 3 is 2.11 bits per heavy atom. The van der Waals surface area contributed by atoms with E-state index in [9.17, 15) is 13.2 Å². The van der Waals surface area contributed by atoms with Crippen molar-refractivity contribution in [2.24, 2.45) is 0 Å². The Labute approximate surface area is 118 Å². The molecular formula is C14H9Cl2F3. The summed E-state index contributed by atoms with van der Waals surface area (Å²) in [4.78, 5) is 0. The lowest BCUT2D eigenvalue weighted by atomic mass is 10.0. The molecule has 1 unspecified atom stereocenters. The van der Waals surface area contributed by atoms with Crippen LogP contribution in [0.2, 0.25) is 5.02 Å². The fourth-order valence-corrected chi connectivity index (χ4v) is 2.39. The monoisotopic (exact) mass is 304 g/mol. The highest BCUT2D eigenvalue weighted by molar-refractivity contribution is 6.33. The molecule has 0 spiro atoms. The van der Waals surface area contributed by atoms with Crippen LogP contribution in [-0.2, 0) is 6.18 Å². The summed E-state index contributed by atoms with van der Waals surface area (Å²) in [5, 5.41) is -0.560. The first-order valence-electron chi connectivity index (χ1n) is 5.45. The third kappa shape index (κ3) is 3.23. The fraction of sp³-hybridized carbons (Fsp3) is 0.143. The predicted octanol–water partition coefficient (Wildman–Crippen LogP) is 5.69. The van der Waals surface area contributed by atoms with Crippen molar-refractivity contribution < 1.29 is 13.2 Å². The zero-order valence-corrected chi connectivity index (χ0v) is 11.1. The molecule has 0 aromatic heterocycles. The van der Waals surface area contributed by atoms with Crippen LogP contribution < -0.4 is 0 Å². The number of alkyl halides is 4. The van der Waals surface area contributed by atoms with Crippen LogP contribution in [0.5, 0.6) is 0 Å². The van der Waals surface area contributed by atoms with Gasteiger partial charge >= 0.3 is 6.18 Å². The van der Waals surface area contributed by atoms with Gasteiger partial charge in [-0.25, -0.2) is 0 Å². The van der Waals surface area contributed by atoms with Gasteiger partial charge in [-0.2, -0.15) is 13.2 Å². The summed E-state index contributed by atoms with van der Waals surface area (Å²) < 4.78 is 37.6. The first-order valence-corrected chi connectivity index (χ1v) is 6.26. The van der Waals surface area contributed by atoms with Gasteiger partial charge < -0.3 is 0 Å². The van der Waals surface area contributed by atoms with Crippen molar-refractivity contribution in [3.63, 3.8) is 0 Å². The van der Waals surface area contributed by atoms with E-state index in [0.717, 1.165) is 17.7 Å². The molecular weight excluding hydrogens is 296 g/mol. The lowest BCUT2D eigenvalue weighted by molar-refractivity contribution is -0.137. The van der Waals surface area contributed by atoms with Gasteiger partial charge in [-0.1, -0.05) is 48.0 Å². The predicted molar refractivity (Wildman–Crippen MR) is 70.6 cm³/mol. The van der Waals surface area contributed by atoms with E-state index in [1.165, 1.54) is 6.07 Å². The minimum atomic E-state index is -4.41. The van der Waals surface area contributed by atoms with E-state index < -0.39 is 17.1 Å². The maximum absolute atomic E-state index is 12.5. The summed E-state index contributed by atoms with van der Waals surface area (Å²) in [6.45, 7) is 0. The van der Waals surface area contributed by atoms with Crippen LogP contribution in [0, 0.1) is 0 Å². The van der Waals surface area contributed by atoms with Crippen LogP contribution in [-0.4, -0.2) is 0 Å². The molecule has 100 valence electrons. The van der Waals surface area contributed by atoms with Crippen molar-refractivity contribution in [3.8, 4) is 0 Å². The highest BCUT2D eigenvalue weighted by atomic mass is 35.5. The highest BCUT2D eigenvalue weighted by Gasteiger charge is 2.31. The zero-order valence-electron chi connectivity index (χ0n) is 9.59. The van der Waals surface area contributed by atoms with Crippen LogP contribution in [0.3, 0.4) is 0 Å². The van der Waals surface area contributed by atoms with Crippen molar-refractivity contribution >= 4 is 23.2 Å². The first kappa shape index (κ1) is 14.2. The Hall–Kier alpha value is -1.19. The smallest absolute Gasteiger partial charge is 0.166 e. The number of hydrogen-bond donors (Lipinski definition) is 0. The lowest BCUT2D eigenvalue weighted by Crippen LogP contribution is -2.05. The minimum Gasteiger partial charge on any atom is -0.166 e. The molecule has 0 nitrogen and oxygen atoms in total. The van der Waals surface area contributed by atoms with E-state index in [0.29, 0.717) is 5.56 Å². The van der Waals surface area contributed by atoms with Crippen LogP contribution in [0.15, 0.2) is 48.5 Å². The molecule has 2 rings (SSSR count). The van der Waals surface area contributed by atoms with Crippen molar-refractivity contribution in [1.29, 1.82) is 0 Å². The van der Waals surface area contributed by atoms with Gasteiger partial charge in [0.2, 0.25) is 0 Å². The molecule has 2 aromatic rings. The second-order valence-corrected chi connectivity index (χ2v) is 4.85. The van der Waals surface area contributed by atoms with Gasteiger partial charge in [-0.3, -0.25) is 0 Å². The number of benzene rings is 2. The van der Waals surface area contributed by atoms with E-state index in [1.54, 1.807) is 12.1 Å². The largest absolute Gasteiger partial charge is 0.416 e. The maximum Gasteiger partial charge on any atom is 0.416 e. The molecule has 0 bridgehead atoms. The van der Waals surface area contributed by atoms with Gasteiger partial charge in [-0.15, -0.1) is 11.6 Å². The Balaban J connectivity index is 2.37. The van der Waals surface area contributed by atoms with Crippen LogP contribution in [0.25, 0.3) is 0 Å². The first-order chi connectivity index (χ1) is 8.89. The maximum atomic E-state index is 12.5. The van der Waals surface area contributed by atoms with Crippen LogP contribution in [0.1, 0.15) is 22.1 Å². The zero-order chi connectivity index (χ0) is 14.0. The van der Waals surface area contributed by atoms with Crippen molar-refractivity contribution in [2.75, 3.05) is 0 Å². The van der Waals surface area contributed by atoms with E-state index in [-0.39, 0.29) is 5.02 Å². The number of hydrogen-bond acceptors (Lipinski definition) is 0. The Kier molecular flexibility index (Phi) is 4.07.